The van der Waals surface area contributed by atoms with Crippen molar-refractivity contribution in [2.24, 2.45) is 7.05 Å². The van der Waals surface area contributed by atoms with E-state index < -0.39 is 18.0 Å². The third-order valence-corrected chi connectivity index (χ3v) is 4.61. The van der Waals surface area contributed by atoms with Crippen molar-refractivity contribution < 1.29 is 19.1 Å². The Hall–Kier alpha value is -2.87. The molecular weight excluding hydrogens is 384 g/mol. The summed E-state index contributed by atoms with van der Waals surface area (Å²) in [4.78, 5) is 36.5. The molecule has 0 saturated heterocycles. The summed E-state index contributed by atoms with van der Waals surface area (Å²) in [6.45, 7) is 6.55. The Morgan fingerprint density at radius 1 is 1.21 bits per heavy atom. The number of amides is 2. The molecule has 8 nitrogen and oxygen atoms in total. The fourth-order valence-corrected chi connectivity index (χ4v) is 2.89. The molecule has 1 atom stereocenters. The van der Waals surface area contributed by atoms with Crippen LogP contribution in [-0.4, -0.2) is 40.2 Å². The maximum absolute atomic E-state index is 12.2. The number of hydrogen-bond acceptors (Lipinski definition) is 5. The van der Waals surface area contributed by atoms with Crippen LogP contribution in [0, 0.1) is 20.8 Å². The first-order valence-electron chi connectivity index (χ1n) is 8.65. The first kappa shape index (κ1) is 21.4. The van der Waals surface area contributed by atoms with Crippen molar-refractivity contribution in [2.45, 2.75) is 33.8 Å². The van der Waals surface area contributed by atoms with Gasteiger partial charge in [-0.25, -0.2) is 4.79 Å². The van der Waals surface area contributed by atoms with Crippen molar-refractivity contribution in [3.8, 4) is 0 Å². The zero-order valence-electron chi connectivity index (χ0n) is 16.4. The van der Waals surface area contributed by atoms with E-state index in [2.05, 4.69) is 15.7 Å². The van der Waals surface area contributed by atoms with E-state index in [0.29, 0.717) is 11.4 Å². The minimum absolute atomic E-state index is 0.108. The first-order valence-corrected chi connectivity index (χ1v) is 9.03. The Balaban J connectivity index is 1.90. The molecule has 2 aromatic rings. The SMILES string of the molecule is Cc1cccc(C)c1NC(=O)CNC(=O)C(C)OC(=O)c1c(C)nn(C)c1Cl. The number of aromatic nitrogens is 2. The van der Waals surface area contributed by atoms with E-state index in [0.717, 1.165) is 11.1 Å². The smallest absolute Gasteiger partial charge is 0.343 e. The molecule has 0 aliphatic rings. The minimum atomic E-state index is -1.10. The van der Waals surface area contributed by atoms with Gasteiger partial charge in [-0.3, -0.25) is 14.3 Å². The Kier molecular flexibility index (Phi) is 6.80. The number of hydrogen-bond donors (Lipinski definition) is 2. The fourth-order valence-electron chi connectivity index (χ4n) is 2.64. The van der Waals surface area contributed by atoms with Crippen LogP contribution in [0.2, 0.25) is 5.15 Å². The van der Waals surface area contributed by atoms with Gasteiger partial charge in [0.2, 0.25) is 5.91 Å². The molecule has 0 aliphatic carbocycles. The number of nitrogens with one attached hydrogen (secondary N) is 2. The number of esters is 1. The second kappa shape index (κ2) is 8.88. The average Bonchev–Trinajstić information content (AvgIpc) is 2.88. The van der Waals surface area contributed by atoms with Gasteiger partial charge in [0.05, 0.1) is 12.2 Å². The maximum atomic E-state index is 12.2. The third kappa shape index (κ3) is 4.89. The molecule has 0 fully saturated rings. The van der Waals surface area contributed by atoms with Crippen LogP contribution in [0.15, 0.2) is 18.2 Å². The zero-order chi connectivity index (χ0) is 21.0. The third-order valence-electron chi connectivity index (χ3n) is 4.18. The minimum Gasteiger partial charge on any atom is -0.449 e. The molecule has 2 N–H and O–H groups in total. The lowest BCUT2D eigenvalue weighted by Gasteiger charge is -2.14. The second-order valence-corrected chi connectivity index (χ2v) is 6.81. The van der Waals surface area contributed by atoms with Crippen LogP contribution in [-0.2, 0) is 21.4 Å². The van der Waals surface area contributed by atoms with Crippen LogP contribution in [0.25, 0.3) is 0 Å². The van der Waals surface area contributed by atoms with E-state index >= 15 is 0 Å². The van der Waals surface area contributed by atoms with E-state index in [4.69, 9.17) is 16.3 Å². The molecule has 1 aromatic carbocycles. The maximum Gasteiger partial charge on any atom is 0.343 e. The number of carbonyl (C=O) groups excluding carboxylic acids is 3. The van der Waals surface area contributed by atoms with Gasteiger partial charge in [0, 0.05) is 12.7 Å². The Morgan fingerprint density at radius 3 is 2.36 bits per heavy atom. The van der Waals surface area contributed by atoms with Crippen LogP contribution in [0.5, 0.6) is 0 Å². The number of rotatable bonds is 6. The van der Waals surface area contributed by atoms with Crippen molar-refractivity contribution in [3.63, 3.8) is 0 Å². The number of para-hydroxylation sites is 1. The number of ether oxygens (including phenoxy) is 1. The number of benzene rings is 1. The van der Waals surface area contributed by atoms with E-state index in [9.17, 15) is 14.4 Å². The van der Waals surface area contributed by atoms with Gasteiger partial charge in [-0.05, 0) is 38.8 Å². The van der Waals surface area contributed by atoms with Crippen LogP contribution in [0.3, 0.4) is 0 Å². The standard InChI is InChI=1S/C19H23ClN4O4/c1-10-7-6-8-11(2)16(10)22-14(25)9-21-18(26)13(4)28-19(27)15-12(3)23-24(5)17(15)20/h6-8,13H,9H2,1-5H3,(H,21,26)(H,22,25). The summed E-state index contributed by atoms with van der Waals surface area (Å²) in [5, 5.41) is 9.37. The predicted molar refractivity (Wildman–Crippen MR) is 105 cm³/mol. The Morgan fingerprint density at radius 2 is 1.82 bits per heavy atom. The average molecular weight is 407 g/mol. The molecule has 1 unspecified atom stereocenters. The highest BCUT2D eigenvalue weighted by Crippen LogP contribution is 2.20. The molecule has 1 aromatic heterocycles. The highest BCUT2D eigenvalue weighted by Gasteiger charge is 2.25. The van der Waals surface area contributed by atoms with Crippen LogP contribution in [0.1, 0.15) is 34.1 Å². The fraction of sp³-hybridized carbons (Fsp3) is 0.368. The summed E-state index contributed by atoms with van der Waals surface area (Å²) >= 11 is 6.02. The lowest BCUT2D eigenvalue weighted by Crippen LogP contribution is -2.40. The first-order chi connectivity index (χ1) is 13.1. The number of aryl methyl sites for hydroxylation is 4. The number of carbonyl (C=O) groups is 3. The van der Waals surface area contributed by atoms with Crippen molar-refractivity contribution in [3.05, 3.63) is 45.7 Å². The quantitative estimate of drug-likeness (QED) is 0.716. The predicted octanol–water partition coefficient (Wildman–Crippen LogP) is 2.30. The normalized spacial score (nSPS) is 11.6. The molecule has 0 spiro atoms. The molecule has 9 heteroatoms. The van der Waals surface area contributed by atoms with Crippen molar-refractivity contribution in [2.75, 3.05) is 11.9 Å². The second-order valence-electron chi connectivity index (χ2n) is 6.46. The van der Waals surface area contributed by atoms with Crippen LogP contribution >= 0.6 is 11.6 Å². The zero-order valence-corrected chi connectivity index (χ0v) is 17.2. The number of anilines is 1. The van der Waals surface area contributed by atoms with Gasteiger partial charge in [0.15, 0.2) is 6.10 Å². The van der Waals surface area contributed by atoms with E-state index in [-0.39, 0.29) is 23.2 Å². The molecular formula is C19H23ClN4O4. The van der Waals surface area contributed by atoms with Gasteiger partial charge in [-0.15, -0.1) is 0 Å². The summed E-state index contributed by atoms with van der Waals surface area (Å²) in [5.74, 6) is -1.73. The summed E-state index contributed by atoms with van der Waals surface area (Å²) in [7, 11) is 1.59. The Bertz CT molecular complexity index is 903. The van der Waals surface area contributed by atoms with Crippen molar-refractivity contribution in [1.82, 2.24) is 15.1 Å². The van der Waals surface area contributed by atoms with E-state index in [1.807, 2.05) is 32.0 Å². The molecule has 1 heterocycles. The topological polar surface area (TPSA) is 102 Å². The molecule has 2 amide bonds. The van der Waals surface area contributed by atoms with Gasteiger partial charge in [-0.2, -0.15) is 5.10 Å². The van der Waals surface area contributed by atoms with Crippen LogP contribution in [0.4, 0.5) is 5.69 Å². The molecule has 0 radical (unpaired) electrons. The molecule has 28 heavy (non-hydrogen) atoms. The summed E-state index contributed by atoms with van der Waals surface area (Å²) < 4.78 is 6.48. The largest absolute Gasteiger partial charge is 0.449 e. The summed E-state index contributed by atoms with van der Waals surface area (Å²) in [6, 6.07) is 5.66. The van der Waals surface area contributed by atoms with Gasteiger partial charge < -0.3 is 15.4 Å². The highest BCUT2D eigenvalue weighted by atomic mass is 35.5. The van der Waals surface area contributed by atoms with Gasteiger partial charge in [0.1, 0.15) is 10.7 Å². The molecule has 0 saturated carbocycles. The lowest BCUT2D eigenvalue weighted by atomic mass is 10.1. The highest BCUT2D eigenvalue weighted by molar-refractivity contribution is 6.32. The summed E-state index contributed by atoms with van der Waals surface area (Å²) in [6.07, 6.45) is -1.10. The van der Waals surface area contributed by atoms with Crippen molar-refractivity contribution >= 4 is 35.1 Å². The van der Waals surface area contributed by atoms with Crippen molar-refractivity contribution in [1.29, 1.82) is 0 Å². The summed E-state index contributed by atoms with van der Waals surface area (Å²) in [5.41, 5.74) is 3.06. The van der Waals surface area contributed by atoms with E-state index in [1.165, 1.54) is 11.6 Å². The molecule has 2 rings (SSSR count). The molecule has 0 aliphatic heterocycles. The van der Waals surface area contributed by atoms with Gasteiger partial charge in [0.25, 0.3) is 5.91 Å². The lowest BCUT2D eigenvalue weighted by molar-refractivity contribution is -0.130. The molecule has 0 bridgehead atoms. The van der Waals surface area contributed by atoms with E-state index in [1.54, 1.807) is 14.0 Å². The number of halogens is 1. The Labute approximate surface area is 168 Å². The van der Waals surface area contributed by atoms with Gasteiger partial charge >= 0.3 is 5.97 Å². The number of nitrogens with zero attached hydrogens (tertiary/aromatic N) is 2. The van der Waals surface area contributed by atoms with Crippen LogP contribution < -0.4 is 10.6 Å². The molecule has 150 valence electrons. The van der Waals surface area contributed by atoms with Gasteiger partial charge in [-0.1, -0.05) is 29.8 Å². The monoisotopic (exact) mass is 406 g/mol.